The van der Waals surface area contributed by atoms with Crippen molar-refractivity contribution in [2.75, 3.05) is 0 Å². The Balaban J connectivity index is 3.53. The van der Waals surface area contributed by atoms with Gasteiger partial charge in [-0.1, -0.05) is 18.2 Å². The van der Waals surface area contributed by atoms with E-state index in [1.807, 2.05) is 0 Å². The van der Waals surface area contributed by atoms with Crippen LogP contribution in [0, 0.1) is 0 Å². The summed E-state index contributed by atoms with van der Waals surface area (Å²) in [5.74, 6) is -5.10. The van der Waals surface area contributed by atoms with E-state index in [2.05, 4.69) is 0 Å². The second-order valence-electron chi connectivity index (χ2n) is 4.61. The summed E-state index contributed by atoms with van der Waals surface area (Å²) in [7, 11) is 0. The quantitative estimate of drug-likeness (QED) is 0.739. The fraction of sp³-hybridized carbons (Fsp3) is 0.308. The molecule has 0 aliphatic rings. The Bertz CT molecular complexity index is 592. The maximum Gasteiger partial charge on any atom is 0.416 e. The summed E-state index contributed by atoms with van der Waals surface area (Å²) in [6, 6.07) is 3.01. The Hall–Kier alpha value is -2.58. The highest BCUT2D eigenvalue weighted by molar-refractivity contribution is 5.91. The predicted octanol–water partition coefficient (Wildman–Crippen LogP) is 1.98. The number of halogens is 3. The van der Waals surface area contributed by atoms with E-state index in [0.29, 0.717) is 12.1 Å². The van der Waals surface area contributed by atoms with Gasteiger partial charge in [-0.15, -0.1) is 0 Å². The third-order valence-corrected chi connectivity index (χ3v) is 3.06. The van der Waals surface area contributed by atoms with Crippen molar-refractivity contribution >= 4 is 17.9 Å². The van der Waals surface area contributed by atoms with E-state index in [0.717, 1.165) is 12.1 Å². The van der Waals surface area contributed by atoms with Crippen LogP contribution in [0.5, 0.6) is 0 Å². The molecule has 0 radical (unpaired) electrons. The lowest BCUT2D eigenvalue weighted by molar-refractivity contribution is -0.154. The lowest BCUT2D eigenvalue weighted by atomic mass is 9.74. The van der Waals surface area contributed by atoms with Crippen molar-refractivity contribution in [1.29, 1.82) is 0 Å². The van der Waals surface area contributed by atoms with Gasteiger partial charge in [0, 0.05) is 0 Å². The molecule has 0 saturated heterocycles. The molecule has 0 aliphatic heterocycles. The van der Waals surface area contributed by atoms with Crippen LogP contribution >= 0.6 is 0 Å². The van der Waals surface area contributed by atoms with Crippen molar-refractivity contribution < 1.29 is 42.9 Å². The van der Waals surface area contributed by atoms with Crippen LogP contribution in [0.1, 0.15) is 24.0 Å². The van der Waals surface area contributed by atoms with E-state index < -0.39 is 53.5 Å². The van der Waals surface area contributed by atoms with Crippen molar-refractivity contribution in [3.8, 4) is 0 Å². The second-order valence-corrected chi connectivity index (χ2v) is 4.61. The van der Waals surface area contributed by atoms with Crippen LogP contribution < -0.4 is 0 Å². The topological polar surface area (TPSA) is 112 Å². The Morgan fingerprint density at radius 3 is 1.73 bits per heavy atom. The average molecular weight is 320 g/mol. The number of hydrogen-bond acceptors (Lipinski definition) is 3. The molecule has 1 aromatic rings. The number of hydrogen-bond donors (Lipinski definition) is 3. The van der Waals surface area contributed by atoms with Crippen molar-refractivity contribution in [2.45, 2.75) is 24.4 Å². The van der Waals surface area contributed by atoms with Gasteiger partial charge in [0.1, 0.15) is 5.41 Å². The smallest absolute Gasteiger partial charge is 0.416 e. The first-order valence-corrected chi connectivity index (χ1v) is 5.84. The molecule has 120 valence electrons. The van der Waals surface area contributed by atoms with Gasteiger partial charge in [0.15, 0.2) is 0 Å². The molecule has 0 atom stereocenters. The summed E-state index contributed by atoms with van der Waals surface area (Å²) in [6.07, 6.45) is -7.08. The molecular weight excluding hydrogens is 309 g/mol. The molecule has 0 unspecified atom stereocenters. The first kappa shape index (κ1) is 17.5. The third kappa shape index (κ3) is 3.74. The summed E-state index contributed by atoms with van der Waals surface area (Å²) < 4.78 is 38.1. The van der Waals surface area contributed by atoms with Crippen molar-refractivity contribution in [3.05, 3.63) is 35.4 Å². The number of carbonyl (C=O) groups is 3. The van der Waals surface area contributed by atoms with Gasteiger partial charge in [-0.2, -0.15) is 13.2 Å². The minimum absolute atomic E-state index is 0.458. The van der Waals surface area contributed by atoms with Gasteiger partial charge in [-0.3, -0.25) is 14.4 Å². The molecule has 1 aromatic carbocycles. The largest absolute Gasteiger partial charge is 0.481 e. The highest BCUT2D eigenvalue weighted by Crippen LogP contribution is 2.37. The minimum atomic E-state index is -4.77. The normalized spacial score (nSPS) is 12.0. The molecular formula is C13H11F3O6. The van der Waals surface area contributed by atoms with E-state index in [1.54, 1.807) is 0 Å². The number of alkyl halides is 3. The van der Waals surface area contributed by atoms with Crippen LogP contribution in [0.4, 0.5) is 13.2 Å². The molecule has 9 heteroatoms. The van der Waals surface area contributed by atoms with E-state index in [9.17, 15) is 32.7 Å². The summed E-state index contributed by atoms with van der Waals surface area (Å²) in [6.45, 7) is 0. The Labute approximate surface area is 121 Å². The Morgan fingerprint density at radius 2 is 1.36 bits per heavy atom. The van der Waals surface area contributed by atoms with E-state index >= 15 is 0 Å². The molecule has 0 saturated carbocycles. The number of rotatable bonds is 6. The second kappa shape index (κ2) is 6.04. The van der Waals surface area contributed by atoms with E-state index in [1.165, 1.54) is 0 Å². The maximum atomic E-state index is 12.7. The van der Waals surface area contributed by atoms with Gasteiger partial charge in [-0.25, -0.2) is 0 Å². The molecule has 0 aromatic heterocycles. The van der Waals surface area contributed by atoms with Crippen LogP contribution in [-0.4, -0.2) is 33.2 Å². The fourth-order valence-corrected chi connectivity index (χ4v) is 2.05. The van der Waals surface area contributed by atoms with Gasteiger partial charge in [0.2, 0.25) is 0 Å². The number of benzene rings is 1. The number of aliphatic carboxylic acids is 3. The molecule has 0 aliphatic carbocycles. The zero-order chi connectivity index (χ0) is 17.1. The van der Waals surface area contributed by atoms with Gasteiger partial charge in [0.05, 0.1) is 18.4 Å². The molecule has 0 bridgehead atoms. The van der Waals surface area contributed by atoms with Gasteiger partial charge in [-0.05, 0) is 11.6 Å². The molecule has 0 amide bonds. The maximum absolute atomic E-state index is 12.7. The lowest BCUT2D eigenvalue weighted by Crippen LogP contribution is -2.40. The summed E-state index contributed by atoms with van der Waals surface area (Å²) >= 11 is 0. The number of carboxylic acid groups (broad SMARTS) is 3. The average Bonchev–Trinajstić information content (AvgIpc) is 2.35. The van der Waals surface area contributed by atoms with Crippen molar-refractivity contribution in [3.63, 3.8) is 0 Å². The third-order valence-electron chi connectivity index (χ3n) is 3.06. The summed E-state index contributed by atoms with van der Waals surface area (Å²) in [5, 5.41) is 26.9. The Morgan fingerprint density at radius 1 is 0.909 bits per heavy atom. The van der Waals surface area contributed by atoms with Gasteiger partial charge >= 0.3 is 24.1 Å². The first-order chi connectivity index (χ1) is 9.99. The molecule has 0 heterocycles. The van der Waals surface area contributed by atoms with Crippen LogP contribution in [0.3, 0.4) is 0 Å². The summed E-state index contributed by atoms with van der Waals surface area (Å²) in [5.41, 5.74) is -4.20. The molecule has 22 heavy (non-hydrogen) atoms. The van der Waals surface area contributed by atoms with Crippen molar-refractivity contribution in [2.24, 2.45) is 0 Å². The van der Waals surface area contributed by atoms with Crippen LogP contribution in [-0.2, 0) is 26.0 Å². The van der Waals surface area contributed by atoms with Crippen molar-refractivity contribution in [1.82, 2.24) is 0 Å². The minimum Gasteiger partial charge on any atom is -0.481 e. The molecule has 1 rings (SSSR count). The molecule has 0 spiro atoms. The van der Waals surface area contributed by atoms with Gasteiger partial charge in [0.25, 0.3) is 0 Å². The van der Waals surface area contributed by atoms with Gasteiger partial charge < -0.3 is 15.3 Å². The summed E-state index contributed by atoms with van der Waals surface area (Å²) in [4.78, 5) is 33.2. The predicted molar refractivity (Wildman–Crippen MR) is 65.3 cm³/mol. The van der Waals surface area contributed by atoms with Crippen LogP contribution in [0.15, 0.2) is 24.3 Å². The van der Waals surface area contributed by atoms with Crippen LogP contribution in [0.25, 0.3) is 0 Å². The SMILES string of the molecule is O=C(O)CC(CC(=O)O)(C(=O)O)c1cccc(C(F)(F)F)c1. The Kier molecular flexibility index (Phi) is 4.80. The van der Waals surface area contributed by atoms with Crippen LogP contribution in [0.2, 0.25) is 0 Å². The lowest BCUT2D eigenvalue weighted by Gasteiger charge is -2.27. The molecule has 6 nitrogen and oxygen atoms in total. The number of carboxylic acids is 3. The van der Waals surface area contributed by atoms with E-state index in [4.69, 9.17) is 10.2 Å². The zero-order valence-corrected chi connectivity index (χ0v) is 10.9. The zero-order valence-electron chi connectivity index (χ0n) is 10.9. The molecule has 3 N–H and O–H groups in total. The van der Waals surface area contributed by atoms with E-state index in [-0.39, 0.29) is 0 Å². The highest BCUT2D eigenvalue weighted by atomic mass is 19.4. The first-order valence-electron chi connectivity index (χ1n) is 5.84. The monoisotopic (exact) mass is 320 g/mol. The fourth-order valence-electron chi connectivity index (χ4n) is 2.05. The highest BCUT2D eigenvalue weighted by Gasteiger charge is 2.45. The standard InChI is InChI=1S/C13H11F3O6/c14-13(15,16)8-3-1-2-7(4-8)12(11(21)22,5-9(17)18)6-10(19)20/h1-4H,5-6H2,(H,17,18)(H,19,20)(H,21,22). The molecule has 0 fully saturated rings.